The van der Waals surface area contributed by atoms with Gasteiger partial charge in [0.15, 0.2) is 0 Å². The van der Waals surface area contributed by atoms with Crippen LogP contribution in [0.4, 0.5) is 10.1 Å². The van der Waals surface area contributed by atoms with Gasteiger partial charge < -0.3 is 10.1 Å². The highest BCUT2D eigenvalue weighted by molar-refractivity contribution is 6.01. The summed E-state index contributed by atoms with van der Waals surface area (Å²) in [7, 11) is 0. The van der Waals surface area contributed by atoms with Crippen LogP contribution in [0.15, 0.2) is 47.5 Å². The van der Waals surface area contributed by atoms with Crippen molar-refractivity contribution < 1.29 is 14.1 Å². The summed E-state index contributed by atoms with van der Waals surface area (Å²) >= 11 is 0. The van der Waals surface area contributed by atoms with E-state index in [1.807, 2.05) is 0 Å². The van der Waals surface area contributed by atoms with Crippen molar-refractivity contribution in [2.45, 2.75) is 6.42 Å². The molecule has 7 heteroatoms. The summed E-state index contributed by atoms with van der Waals surface area (Å²) in [5.41, 5.74) is 0.146. The van der Waals surface area contributed by atoms with Crippen molar-refractivity contribution in [1.29, 1.82) is 0 Å². The molecule has 0 spiro atoms. The van der Waals surface area contributed by atoms with Crippen molar-refractivity contribution in [2.24, 2.45) is 4.99 Å². The molecule has 1 aliphatic rings. The second-order valence-corrected chi connectivity index (χ2v) is 4.98. The number of non-ortho nitro benzene ring substituents is 1. The fourth-order valence-electron chi connectivity index (χ4n) is 2.31. The van der Waals surface area contributed by atoms with Crippen LogP contribution in [0, 0.1) is 15.9 Å². The van der Waals surface area contributed by atoms with Crippen molar-refractivity contribution >= 4 is 11.5 Å². The smallest absolute Gasteiger partial charge is 0.273 e. The van der Waals surface area contributed by atoms with Crippen LogP contribution in [0.5, 0.6) is 11.5 Å². The van der Waals surface area contributed by atoms with Gasteiger partial charge in [-0.05, 0) is 24.6 Å². The molecule has 1 N–H and O–H groups in total. The van der Waals surface area contributed by atoms with Crippen LogP contribution in [0.2, 0.25) is 0 Å². The Kier molecular flexibility index (Phi) is 4.18. The van der Waals surface area contributed by atoms with Gasteiger partial charge in [0.2, 0.25) is 0 Å². The Bertz CT molecular complexity index is 777. The minimum absolute atomic E-state index is 0.0893. The monoisotopic (exact) mass is 315 g/mol. The quantitative estimate of drug-likeness (QED) is 0.694. The molecule has 0 saturated heterocycles. The zero-order valence-corrected chi connectivity index (χ0v) is 12.2. The van der Waals surface area contributed by atoms with Crippen molar-refractivity contribution in [3.05, 3.63) is 64.0 Å². The third-order valence-corrected chi connectivity index (χ3v) is 3.37. The molecule has 0 amide bonds. The Morgan fingerprint density at radius 1 is 1.26 bits per heavy atom. The molecule has 0 unspecified atom stereocenters. The molecule has 0 aromatic heterocycles. The molecule has 0 aliphatic carbocycles. The van der Waals surface area contributed by atoms with E-state index in [-0.39, 0.29) is 22.7 Å². The first-order valence-corrected chi connectivity index (χ1v) is 7.14. The first-order chi connectivity index (χ1) is 11.1. The number of rotatable bonds is 4. The van der Waals surface area contributed by atoms with E-state index < -0.39 is 10.7 Å². The normalized spacial score (nSPS) is 13.9. The van der Waals surface area contributed by atoms with Crippen molar-refractivity contribution in [3.63, 3.8) is 0 Å². The van der Waals surface area contributed by atoms with Crippen LogP contribution < -0.4 is 10.1 Å². The van der Waals surface area contributed by atoms with E-state index in [2.05, 4.69) is 10.3 Å². The predicted octanol–water partition coefficient (Wildman–Crippen LogP) is 3.27. The zero-order valence-electron chi connectivity index (χ0n) is 12.2. The predicted molar refractivity (Wildman–Crippen MR) is 83.6 cm³/mol. The molecule has 0 saturated carbocycles. The van der Waals surface area contributed by atoms with Gasteiger partial charge in [0.1, 0.15) is 23.2 Å². The standard InChI is InChI=1S/C16H14FN3O3/c17-13-6-2-7-14(15(13)16-18-8-3-9-19-16)23-12-5-1-4-11(10-12)20(21)22/h1-2,4-7,10H,3,8-9H2,(H,18,19). The molecule has 6 nitrogen and oxygen atoms in total. The summed E-state index contributed by atoms with van der Waals surface area (Å²) in [5, 5.41) is 13.9. The van der Waals surface area contributed by atoms with Crippen molar-refractivity contribution in [3.8, 4) is 11.5 Å². The van der Waals surface area contributed by atoms with Gasteiger partial charge in [-0.15, -0.1) is 0 Å². The maximum Gasteiger partial charge on any atom is 0.273 e. The summed E-state index contributed by atoms with van der Waals surface area (Å²) in [6.07, 6.45) is 0.888. The number of hydrogen-bond donors (Lipinski definition) is 1. The van der Waals surface area contributed by atoms with Gasteiger partial charge in [-0.1, -0.05) is 12.1 Å². The minimum Gasteiger partial charge on any atom is -0.456 e. The minimum atomic E-state index is -0.508. The number of amidine groups is 1. The van der Waals surface area contributed by atoms with Gasteiger partial charge in [0.05, 0.1) is 16.6 Å². The highest BCUT2D eigenvalue weighted by atomic mass is 19.1. The fraction of sp³-hybridized carbons (Fsp3) is 0.188. The van der Waals surface area contributed by atoms with E-state index in [1.54, 1.807) is 12.1 Å². The largest absolute Gasteiger partial charge is 0.456 e. The van der Waals surface area contributed by atoms with Gasteiger partial charge >= 0.3 is 0 Å². The van der Waals surface area contributed by atoms with E-state index in [0.717, 1.165) is 6.42 Å². The molecular formula is C16H14FN3O3. The van der Waals surface area contributed by atoms with Crippen molar-refractivity contribution in [1.82, 2.24) is 5.32 Å². The second kappa shape index (κ2) is 6.43. The van der Waals surface area contributed by atoms with Crippen LogP contribution in [-0.2, 0) is 0 Å². The number of nitrogens with zero attached hydrogens (tertiary/aromatic N) is 2. The Balaban J connectivity index is 1.97. The molecule has 1 heterocycles. The maximum atomic E-state index is 14.2. The highest BCUT2D eigenvalue weighted by Crippen LogP contribution is 2.29. The van der Waals surface area contributed by atoms with Gasteiger partial charge in [0, 0.05) is 19.2 Å². The van der Waals surface area contributed by atoms with Crippen LogP contribution in [0.1, 0.15) is 12.0 Å². The third-order valence-electron chi connectivity index (χ3n) is 3.37. The molecule has 118 valence electrons. The van der Waals surface area contributed by atoms with Crippen LogP contribution >= 0.6 is 0 Å². The topological polar surface area (TPSA) is 76.8 Å². The molecule has 0 fully saturated rings. The average molecular weight is 315 g/mol. The Morgan fingerprint density at radius 3 is 2.83 bits per heavy atom. The summed E-state index contributed by atoms with van der Waals surface area (Å²) in [6.45, 7) is 1.33. The maximum absolute atomic E-state index is 14.2. The molecule has 0 radical (unpaired) electrons. The lowest BCUT2D eigenvalue weighted by molar-refractivity contribution is -0.384. The van der Waals surface area contributed by atoms with Crippen LogP contribution in [0.25, 0.3) is 0 Å². The molecular weight excluding hydrogens is 301 g/mol. The third kappa shape index (κ3) is 3.28. The zero-order chi connectivity index (χ0) is 16.2. The number of ether oxygens (including phenoxy) is 1. The van der Waals surface area contributed by atoms with Gasteiger partial charge in [-0.25, -0.2) is 4.39 Å². The number of aliphatic imine (C=N–C) groups is 1. The van der Waals surface area contributed by atoms with Crippen molar-refractivity contribution in [2.75, 3.05) is 13.1 Å². The Morgan fingerprint density at radius 2 is 2.09 bits per heavy atom. The number of nitro groups is 1. The number of benzene rings is 2. The number of nitro benzene ring substituents is 1. The number of nitrogens with one attached hydrogen (secondary N) is 1. The summed E-state index contributed by atoms with van der Waals surface area (Å²) < 4.78 is 19.9. The van der Waals surface area contributed by atoms with Crippen LogP contribution in [0.3, 0.4) is 0 Å². The van der Waals surface area contributed by atoms with Crippen LogP contribution in [-0.4, -0.2) is 23.8 Å². The number of halogens is 1. The van der Waals surface area contributed by atoms with Gasteiger partial charge in [-0.3, -0.25) is 15.1 Å². The molecule has 0 atom stereocenters. The Hall–Kier alpha value is -2.96. The molecule has 1 aliphatic heterocycles. The lowest BCUT2D eigenvalue weighted by Crippen LogP contribution is -2.31. The molecule has 2 aromatic rings. The van der Waals surface area contributed by atoms with E-state index in [1.165, 1.54) is 30.3 Å². The van der Waals surface area contributed by atoms with Gasteiger partial charge in [-0.2, -0.15) is 0 Å². The van der Waals surface area contributed by atoms with E-state index in [4.69, 9.17) is 4.74 Å². The Labute approximate surface area is 131 Å². The summed E-state index contributed by atoms with van der Waals surface area (Å²) in [4.78, 5) is 14.6. The lowest BCUT2D eigenvalue weighted by atomic mass is 10.1. The van der Waals surface area contributed by atoms with E-state index >= 15 is 0 Å². The molecule has 23 heavy (non-hydrogen) atoms. The first-order valence-electron chi connectivity index (χ1n) is 7.14. The first kappa shape index (κ1) is 15.0. The van der Waals surface area contributed by atoms with Gasteiger partial charge in [0.25, 0.3) is 5.69 Å². The molecule has 2 aromatic carbocycles. The molecule has 0 bridgehead atoms. The summed E-state index contributed by atoms with van der Waals surface area (Å²) in [5.74, 6) is 0.511. The average Bonchev–Trinajstić information content (AvgIpc) is 2.56. The lowest BCUT2D eigenvalue weighted by Gasteiger charge is -2.18. The van der Waals surface area contributed by atoms with E-state index in [0.29, 0.717) is 18.9 Å². The fourth-order valence-corrected chi connectivity index (χ4v) is 2.31. The summed E-state index contributed by atoms with van der Waals surface area (Å²) in [6, 6.07) is 10.2. The second-order valence-electron chi connectivity index (χ2n) is 4.98. The van der Waals surface area contributed by atoms with E-state index in [9.17, 15) is 14.5 Å². The number of hydrogen-bond acceptors (Lipinski definition) is 5. The highest BCUT2D eigenvalue weighted by Gasteiger charge is 2.18. The molecule has 3 rings (SSSR count). The SMILES string of the molecule is O=[N+]([O-])c1cccc(Oc2cccc(F)c2C2=NCCCN2)c1.